The number of alkyl halides is 3. The number of unbranched alkanes of at least 4 members (excludes halogenated alkanes) is 6. The molecule has 0 saturated carbocycles. The fraction of sp³-hybridized carbons (Fsp3) is 0.833. The van der Waals surface area contributed by atoms with E-state index in [0.717, 1.165) is 6.42 Å². The Balaban J connectivity index is -0.000000529. The highest BCUT2D eigenvalue weighted by atomic mass is 35.6. The maximum Gasteiger partial charge on any atom is 0.190 e. The van der Waals surface area contributed by atoms with Gasteiger partial charge in [0, 0.05) is 0 Å². The summed E-state index contributed by atoms with van der Waals surface area (Å²) in [5.41, 5.74) is 0. The van der Waals surface area contributed by atoms with Crippen LogP contribution < -0.4 is 6.15 Å². The Morgan fingerprint density at radius 3 is 1.56 bits per heavy atom. The number of hydrogen-bond donors (Lipinski definition) is 1. The minimum atomic E-state index is -1.04. The van der Waals surface area contributed by atoms with Crippen molar-refractivity contribution >= 4 is 34.8 Å². The largest absolute Gasteiger partial charge is 0.344 e. The minimum absolute atomic E-state index is 0. The topological polar surface area (TPSA) is 35.0 Å². The Morgan fingerprint density at radius 2 is 1.19 bits per heavy atom. The highest BCUT2D eigenvalue weighted by Gasteiger charge is 2.17. The molecule has 0 aromatic heterocycles. The van der Waals surface area contributed by atoms with Gasteiger partial charge in [0.1, 0.15) is 0 Å². The van der Waals surface area contributed by atoms with Gasteiger partial charge in [-0.1, -0.05) is 80.3 Å². The predicted molar refractivity (Wildman–Crippen MR) is 79.2 cm³/mol. The summed E-state index contributed by atoms with van der Waals surface area (Å²) in [5.74, 6) is 0. The summed E-state index contributed by atoms with van der Waals surface area (Å²) < 4.78 is -1.04. The van der Waals surface area contributed by atoms with Crippen LogP contribution in [0.5, 0.6) is 0 Å². The van der Waals surface area contributed by atoms with Crippen molar-refractivity contribution < 1.29 is 0 Å². The fourth-order valence-corrected chi connectivity index (χ4v) is 1.68. The molecule has 0 bridgehead atoms. The average Bonchev–Trinajstić information content (AvgIpc) is 2.18. The zero-order chi connectivity index (χ0) is 12.2. The van der Waals surface area contributed by atoms with Crippen molar-refractivity contribution in [3.63, 3.8) is 0 Å². The van der Waals surface area contributed by atoms with Gasteiger partial charge in [-0.25, -0.2) is 0 Å². The molecule has 0 saturated heterocycles. The Hall–Kier alpha value is 0.570. The second-order valence-corrected chi connectivity index (χ2v) is 6.00. The van der Waals surface area contributed by atoms with E-state index in [4.69, 9.17) is 34.8 Å². The Labute approximate surface area is 116 Å². The van der Waals surface area contributed by atoms with Gasteiger partial charge in [0.2, 0.25) is 0 Å². The van der Waals surface area contributed by atoms with Crippen LogP contribution in [0.4, 0.5) is 0 Å². The van der Waals surface area contributed by atoms with E-state index in [1.807, 2.05) is 0 Å². The normalized spacial score (nSPS) is 10.0. The van der Waals surface area contributed by atoms with E-state index in [1.165, 1.54) is 38.5 Å². The van der Waals surface area contributed by atoms with E-state index in [2.05, 4.69) is 20.1 Å². The van der Waals surface area contributed by atoms with Crippen LogP contribution in [0.3, 0.4) is 0 Å². The SMILES string of the molecule is C=C.CCCCCCCCCC(Cl)(Cl)Cl.N. The van der Waals surface area contributed by atoms with Crippen LogP contribution in [0.15, 0.2) is 13.2 Å². The van der Waals surface area contributed by atoms with E-state index < -0.39 is 3.79 Å². The van der Waals surface area contributed by atoms with Gasteiger partial charge in [-0.3, -0.25) is 0 Å². The lowest BCUT2D eigenvalue weighted by Gasteiger charge is -2.09. The van der Waals surface area contributed by atoms with Gasteiger partial charge in [-0.05, 0) is 12.8 Å². The molecule has 4 heteroatoms. The predicted octanol–water partition coefficient (Wildman–Crippen LogP) is 6.46. The van der Waals surface area contributed by atoms with Crippen LogP contribution >= 0.6 is 34.8 Å². The Morgan fingerprint density at radius 1 is 0.812 bits per heavy atom. The molecule has 0 rings (SSSR count). The summed E-state index contributed by atoms with van der Waals surface area (Å²) in [6.07, 6.45) is 9.52. The van der Waals surface area contributed by atoms with Crippen LogP contribution in [-0.4, -0.2) is 3.79 Å². The molecular weight excluding hydrogens is 264 g/mol. The third-order valence-corrected chi connectivity index (χ3v) is 2.63. The first-order valence-corrected chi connectivity index (χ1v) is 6.76. The first kappa shape index (κ1) is 21.8. The number of hydrogen-bond acceptors (Lipinski definition) is 1. The van der Waals surface area contributed by atoms with Crippen molar-refractivity contribution in [2.75, 3.05) is 0 Å². The van der Waals surface area contributed by atoms with Gasteiger partial charge in [0.15, 0.2) is 3.79 Å². The number of halogens is 3. The molecular formula is C12H26Cl3N. The fourth-order valence-electron chi connectivity index (χ4n) is 1.28. The zero-order valence-electron chi connectivity index (χ0n) is 10.4. The summed E-state index contributed by atoms with van der Waals surface area (Å²) in [7, 11) is 0. The van der Waals surface area contributed by atoms with Crippen molar-refractivity contribution in [1.82, 2.24) is 6.15 Å². The minimum Gasteiger partial charge on any atom is -0.344 e. The third kappa shape index (κ3) is 24.0. The van der Waals surface area contributed by atoms with Gasteiger partial charge in [-0.15, -0.1) is 13.2 Å². The van der Waals surface area contributed by atoms with E-state index >= 15 is 0 Å². The van der Waals surface area contributed by atoms with E-state index in [-0.39, 0.29) is 6.15 Å². The van der Waals surface area contributed by atoms with Crippen LogP contribution in [-0.2, 0) is 0 Å². The van der Waals surface area contributed by atoms with Gasteiger partial charge < -0.3 is 6.15 Å². The molecule has 1 nitrogen and oxygen atoms in total. The molecule has 100 valence electrons. The molecule has 0 aromatic carbocycles. The molecule has 0 aromatic rings. The Kier molecular flexibility index (Phi) is 21.2. The maximum atomic E-state index is 5.63. The summed E-state index contributed by atoms with van der Waals surface area (Å²) in [6.45, 7) is 8.23. The monoisotopic (exact) mass is 289 g/mol. The summed E-state index contributed by atoms with van der Waals surface area (Å²) in [6, 6.07) is 0. The molecule has 0 aliphatic carbocycles. The highest BCUT2D eigenvalue weighted by Crippen LogP contribution is 2.32. The standard InChI is InChI=1S/C10H19Cl3.C2H4.H3N/c1-2-3-4-5-6-7-8-9-10(11,12)13;1-2;/h2-9H2,1H3;1-2H2;1H3. The Bertz CT molecular complexity index is 124. The lowest BCUT2D eigenvalue weighted by atomic mass is 10.1. The molecule has 0 atom stereocenters. The van der Waals surface area contributed by atoms with E-state index in [0.29, 0.717) is 6.42 Å². The van der Waals surface area contributed by atoms with Gasteiger partial charge in [0.25, 0.3) is 0 Å². The summed E-state index contributed by atoms with van der Waals surface area (Å²) in [5, 5.41) is 0. The smallest absolute Gasteiger partial charge is 0.190 e. The zero-order valence-corrected chi connectivity index (χ0v) is 12.7. The molecule has 16 heavy (non-hydrogen) atoms. The van der Waals surface area contributed by atoms with Crippen LogP contribution in [0, 0.1) is 0 Å². The summed E-state index contributed by atoms with van der Waals surface area (Å²) >= 11 is 16.9. The van der Waals surface area contributed by atoms with Crippen LogP contribution in [0.2, 0.25) is 0 Å². The van der Waals surface area contributed by atoms with Gasteiger partial charge in [0.05, 0.1) is 0 Å². The molecule has 0 unspecified atom stereocenters. The van der Waals surface area contributed by atoms with Crippen LogP contribution in [0.1, 0.15) is 58.3 Å². The lowest BCUT2D eigenvalue weighted by molar-refractivity contribution is 0.578. The third-order valence-electron chi connectivity index (χ3n) is 2.06. The van der Waals surface area contributed by atoms with Gasteiger partial charge >= 0.3 is 0 Å². The first-order valence-electron chi connectivity index (χ1n) is 5.63. The average molecular weight is 291 g/mol. The molecule has 0 aliphatic rings. The van der Waals surface area contributed by atoms with Crippen molar-refractivity contribution in [2.45, 2.75) is 62.1 Å². The van der Waals surface area contributed by atoms with Crippen molar-refractivity contribution in [3.05, 3.63) is 13.2 Å². The highest BCUT2D eigenvalue weighted by molar-refractivity contribution is 6.67. The molecule has 0 aliphatic heterocycles. The molecule has 3 N–H and O–H groups in total. The second-order valence-electron chi connectivity index (χ2n) is 3.49. The quantitative estimate of drug-likeness (QED) is 0.326. The molecule has 0 radical (unpaired) electrons. The van der Waals surface area contributed by atoms with E-state index in [1.54, 1.807) is 0 Å². The molecule has 0 fully saturated rings. The van der Waals surface area contributed by atoms with Gasteiger partial charge in [-0.2, -0.15) is 0 Å². The van der Waals surface area contributed by atoms with Crippen molar-refractivity contribution in [3.8, 4) is 0 Å². The van der Waals surface area contributed by atoms with Crippen molar-refractivity contribution in [1.29, 1.82) is 0 Å². The first-order chi connectivity index (χ1) is 7.06. The molecule has 0 heterocycles. The van der Waals surface area contributed by atoms with Crippen molar-refractivity contribution in [2.24, 2.45) is 0 Å². The van der Waals surface area contributed by atoms with E-state index in [9.17, 15) is 0 Å². The molecule has 0 spiro atoms. The molecule has 0 amide bonds. The maximum absolute atomic E-state index is 5.63. The number of rotatable bonds is 7. The van der Waals surface area contributed by atoms with Crippen LogP contribution in [0.25, 0.3) is 0 Å². The summed E-state index contributed by atoms with van der Waals surface area (Å²) in [4.78, 5) is 0. The lowest BCUT2D eigenvalue weighted by Crippen LogP contribution is -2.00. The second kappa shape index (κ2) is 15.6.